The van der Waals surface area contributed by atoms with Gasteiger partial charge in [0.1, 0.15) is 5.75 Å². The number of hydrogen-bond donors (Lipinski definition) is 0. The Morgan fingerprint density at radius 3 is 2.18 bits per heavy atom. The molecular formula is C12H14ClF3O. The monoisotopic (exact) mass is 266 g/mol. The van der Waals surface area contributed by atoms with E-state index in [1.54, 1.807) is 18.2 Å². The van der Waals surface area contributed by atoms with E-state index in [1.165, 1.54) is 6.07 Å². The third-order valence-corrected chi connectivity index (χ3v) is 2.45. The van der Waals surface area contributed by atoms with Crippen LogP contribution in [0.4, 0.5) is 13.2 Å². The second-order valence-electron chi connectivity index (χ2n) is 4.71. The summed E-state index contributed by atoms with van der Waals surface area (Å²) in [4.78, 5) is 0. The Morgan fingerprint density at radius 2 is 1.71 bits per heavy atom. The molecule has 0 saturated heterocycles. The predicted molar refractivity (Wildman–Crippen MR) is 61.5 cm³/mol. The molecule has 0 bridgehead atoms. The molecule has 0 fully saturated rings. The molecule has 0 amide bonds. The highest BCUT2D eigenvalue weighted by Crippen LogP contribution is 2.35. The van der Waals surface area contributed by atoms with Gasteiger partial charge in [0.2, 0.25) is 0 Å². The smallest absolute Gasteiger partial charge is 0.429 e. The molecule has 0 saturated carbocycles. The van der Waals surface area contributed by atoms with Gasteiger partial charge in [0.15, 0.2) is 0 Å². The van der Waals surface area contributed by atoms with Gasteiger partial charge in [-0.2, -0.15) is 8.78 Å². The van der Waals surface area contributed by atoms with Gasteiger partial charge in [-0.25, -0.2) is 4.39 Å². The molecule has 5 heteroatoms. The number of rotatable bonds is 3. The van der Waals surface area contributed by atoms with Crippen LogP contribution in [0.15, 0.2) is 24.3 Å². The van der Waals surface area contributed by atoms with Crippen molar-refractivity contribution in [2.45, 2.75) is 37.9 Å². The summed E-state index contributed by atoms with van der Waals surface area (Å²) in [6.07, 6.45) is -4.04. The normalized spacial score (nSPS) is 14.5. The molecule has 96 valence electrons. The van der Waals surface area contributed by atoms with Gasteiger partial charge in [0.05, 0.1) is 0 Å². The predicted octanol–water partition coefficient (Wildman–Crippen LogP) is 4.49. The second-order valence-corrected chi connectivity index (χ2v) is 5.09. The lowest BCUT2D eigenvalue weighted by Gasteiger charge is -2.25. The van der Waals surface area contributed by atoms with E-state index >= 15 is 0 Å². The van der Waals surface area contributed by atoms with Crippen LogP contribution in [0, 0.1) is 0 Å². The molecular weight excluding hydrogens is 253 g/mol. The van der Waals surface area contributed by atoms with Gasteiger partial charge in [-0.15, -0.1) is 0 Å². The lowest BCUT2D eigenvalue weighted by molar-refractivity contribution is -0.199. The van der Waals surface area contributed by atoms with E-state index in [-0.39, 0.29) is 11.2 Å². The first-order valence-electron chi connectivity index (χ1n) is 5.09. The van der Waals surface area contributed by atoms with Crippen molar-refractivity contribution >= 4 is 11.6 Å². The standard InChI is InChI=1S/C12H14ClF3O/c1-11(2,3)8-6-4-5-7-9(8)17-12(15,16)10(13)14/h4-7,10H,1-3H3. The molecule has 0 N–H and O–H groups in total. The number of benzene rings is 1. The first-order chi connectivity index (χ1) is 7.64. The molecule has 1 nitrogen and oxygen atoms in total. The summed E-state index contributed by atoms with van der Waals surface area (Å²) in [6.45, 7) is 5.54. The van der Waals surface area contributed by atoms with Gasteiger partial charge in [-0.05, 0) is 17.0 Å². The Kier molecular flexibility index (Phi) is 3.97. The first kappa shape index (κ1) is 14.2. The van der Waals surface area contributed by atoms with Gasteiger partial charge in [0, 0.05) is 0 Å². The van der Waals surface area contributed by atoms with Crippen molar-refractivity contribution in [3.63, 3.8) is 0 Å². The summed E-state index contributed by atoms with van der Waals surface area (Å²) in [6, 6.07) is 6.28. The quantitative estimate of drug-likeness (QED) is 0.733. The van der Waals surface area contributed by atoms with Crippen molar-refractivity contribution in [1.29, 1.82) is 0 Å². The van der Waals surface area contributed by atoms with Crippen molar-refractivity contribution in [2.24, 2.45) is 0 Å². The van der Waals surface area contributed by atoms with E-state index in [9.17, 15) is 13.2 Å². The highest BCUT2D eigenvalue weighted by Gasteiger charge is 2.42. The lowest BCUT2D eigenvalue weighted by atomic mass is 9.86. The first-order valence-corrected chi connectivity index (χ1v) is 5.53. The van der Waals surface area contributed by atoms with Crippen LogP contribution in [0.5, 0.6) is 5.75 Å². The van der Waals surface area contributed by atoms with E-state index in [0.717, 1.165) is 0 Å². The van der Waals surface area contributed by atoms with Gasteiger partial charge in [-0.1, -0.05) is 50.6 Å². The third-order valence-electron chi connectivity index (χ3n) is 2.20. The minimum absolute atomic E-state index is 0.0618. The van der Waals surface area contributed by atoms with E-state index in [2.05, 4.69) is 4.74 Å². The average Bonchev–Trinajstić information content (AvgIpc) is 2.15. The van der Waals surface area contributed by atoms with Crippen molar-refractivity contribution in [3.8, 4) is 5.75 Å². The van der Waals surface area contributed by atoms with Crippen LogP contribution in [-0.4, -0.2) is 11.7 Å². The molecule has 1 rings (SSSR count). The Balaban J connectivity index is 3.08. The van der Waals surface area contributed by atoms with Crippen molar-refractivity contribution in [3.05, 3.63) is 29.8 Å². The summed E-state index contributed by atoms with van der Waals surface area (Å²) in [5.74, 6) is -0.0618. The lowest BCUT2D eigenvalue weighted by Crippen LogP contribution is -2.33. The zero-order valence-electron chi connectivity index (χ0n) is 9.81. The Bertz CT molecular complexity index is 386. The molecule has 0 aliphatic rings. The minimum atomic E-state index is -4.04. The van der Waals surface area contributed by atoms with Gasteiger partial charge in [-0.3, -0.25) is 0 Å². The molecule has 0 spiro atoms. The number of hydrogen-bond acceptors (Lipinski definition) is 1. The van der Waals surface area contributed by atoms with Crippen LogP contribution in [0.2, 0.25) is 0 Å². The highest BCUT2D eigenvalue weighted by atomic mass is 35.5. The molecule has 0 aliphatic heterocycles. The SMILES string of the molecule is CC(C)(C)c1ccccc1OC(F)(F)C(F)Cl. The summed E-state index contributed by atoms with van der Waals surface area (Å²) in [7, 11) is 0. The zero-order chi connectivity index (χ0) is 13.3. The fourth-order valence-corrected chi connectivity index (χ4v) is 1.41. The van der Waals surface area contributed by atoms with Gasteiger partial charge in [0.25, 0.3) is 5.63 Å². The molecule has 1 atom stereocenters. The van der Waals surface area contributed by atoms with Crippen LogP contribution in [0.1, 0.15) is 26.3 Å². The van der Waals surface area contributed by atoms with Crippen molar-refractivity contribution in [1.82, 2.24) is 0 Å². The third kappa shape index (κ3) is 3.53. The Hall–Kier alpha value is -0.900. The van der Waals surface area contributed by atoms with E-state index in [4.69, 9.17) is 11.6 Å². The maximum absolute atomic E-state index is 13.1. The molecule has 1 aromatic carbocycles. The van der Waals surface area contributed by atoms with E-state index < -0.39 is 11.7 Å². The summed E-state index contributed by atoms with van der Waals surface area (Å²) in [5, 5.41) is 0. The fraction of sp³-hybridized carbons (Fsp3) is 0.500. The average molecular weight is 267 g/mol. The van der Waals surface area contributed by atoms with Gasteiger partial charge >= 0.3 is 6.11 Å². The molecule has 17 heavy (non-hydrogen) atoms. The summed E-state index contributed by atoms with van der Waals surface area (Å²) in [5.41, 5.74) is -2.70. The Morgan fingerprint density at radius 1 is 1.18 bits per heavy atom. The van der Waals surface area contributed by atoms with Crippen LogP contribution < -0.4 is 4.74 Å². The Labute approximate surface area is 104 Å². The van der Waals surface area contributed by atoms with Crippen molar-refractivity contribution in [2.75, 3.05) is 0 Å². The molecule has 0 aromatic heterocycles. The van der Waals surface area contributed by atoms with E-state index in [1.807, 2.05) is 20.8 Å². The molecule has 0 aliphatic carbocycles. The summed E-state index contributed by atoms with van der Waals surface area (Å²) >= 11 is 4.74. The fourth-order valence-electron chi connectivity index (χ4n) is 1.37. The number of halogens is 4. The largest absolute Gasteiger partial charge is 0.444 e. The number of alkyl halides is 4. The maximum Gasteiger partial charge on any atom is 0.444 e. The van der Waals surface area contributed by atoms with E-state index in [0.29, 0.717) is 5.56 Å². The van der Waals surface area contributed by atoms with Crippen LogP contribution in [0.3, 0.4) is 0 Å². The topological polar surface area (TPSA) is 9.23 Å². The van der Waals surface area contributed by atoms with Crippen molar-refractivity contribution < 1.29 is 17.9 Å². The van der Waals surface area contributed by atoms with Crippen LogP contribution in [-0.2, 0) is 5.41 Å². The second kappa shape index (κ2) is 4.77. The number of para-hydroxylation sites is 1. The van der Waals surface area contributed by atoms with Gasteiger partial charge < -0.3 is 4.74 Å². The maximum atomic E-state index is 13.1. The van der Waals surface area contributed by atoms with Crippen LogP contribution in [0.25, 0.3) is 0 Å². The molecule has 0 radical (unpaired) electrons. The molecule has 0 heterocycles. The zero-order valence-corrected chi connectivity index (χ0v) is 10.6. The molecule has 1 unspecified atom stereocenters. The molecule has 1 aromatic rings. The minimum Gasteiger partial charge on any atom is -0.429 e. The van der Waals surface area contributed by atoms with Crippen LogP contribution >= 0.6 is 11.6 Å². The number of ether oxygens (including phenoxy) is 1. The summed E-state index contributed by atoms with van der Waals surface area (Å²) < 4.78 is 43.0. The highest BCUT2D eigenvalue weighted by molar-refractivity contribution is 6.20.